The molecular formula is C4H6ClF4NS. The van der Waals surface area contributed by atoms with Gasteiger partial charge in [-0.05, 0) is 25.7 Å². The predicted octanol–water partition coefficient (Wildman–Crippen LogP) is 2.62. The molecule has 0 aromatic heterocycles. The summed E-state index contributed by atoms with van der Waals surface area (Å²) in [4.78, 5) is 0. The Labute approximate surface area is 70.8 Å². The molecule has 0 radical (unpaired) electrons. The number of nitrogens with zero attached hydrogens (tertiary/aromatic N) is 1. The molecule has 0 aromatic carbocycles. The number of rotatable bonds is 3. The van der Waals surface area contributed by atoms with E-state index in [4.69, 9.17) is 0 Å². The maximum Gasteiger partial charge on any atom is 0.395 e. The molecule has 0 spiro atoms. The number of hydrogen-bond donors (Lipinski definition) is 0. The Balaban J connectivity index is 4.22. The summed E-state index contributed by atoms with van der Waals surface area (Å²) in [7, 11) is 2.45. The summed E-state index contributed by atoms with van der Waals surface area (Å²) >= 11 is 3.82. The van der Waals surface area contributed by atoms with Gasteiger partial charge in [-0.25, -0.2) is 0 Å². The molecule has 0 rings (SSSR count). The molecule has 0 saturated heterocycles. The van der Waals surface area contributed by atoms with E-state index >= 15 is 0 Å². The lowest BCUT2D eigenvalue weighted by molar-refractivity contribution is -0.0913. The van der Waals surface area contributed by atoms with Crippen molar-refractivity contribution in [3.63, 3.8) is 0 Å². The molecule has 0 saturated carbocycles. The number of alkyl halides is 5. The zero-order valence-corrected chi connectivity index (χ0v) is 7.32. The highest BCUT2D eigenvalue weighted by Crippen LogP contribution is 2.46. The molecule has 0 amide bonds. The predicted molar refractivity (Wildman–Crippen MR) is 37.0 cm³/mol. The summed E-state index contributed by atoms with van der Waals surface area (Å²) in [6.07, 6.45) is 0. The summed E-state index contributed by atoms with van der Waals surface area (Å²) in [6.45, 7) is 0. The molecule has 0 aromatic rings. The summed E-state index contributed by atoms with van der Waals surface area (Å²) in [6, 6.07) is 0. The standard InChI is InChI=1S/C4H6ClF4NS/c1-10(2)11-4(8,9)3(5,6)7/h1-2H3. The Morgan fingerprint density at radius 2 is 1.55 bits per heavy atom. The van der Waals surface area contributed by atoms with E-state index in [0.29, 0.717) is 0 Å². The largest absolute Gasteiger partial charge is 0.395 e. The fraction of sp³-hybridized carbons (Fsp3) is 1.00. The minimum absolute atomic E-state index is 0.318. The van der Waals surface area contributed by atoms with Crippen molar-refractivity contribution in [3.05, 3.63) is 0 Å². The number of hydrogen-bond acceptors (Lipinski definition) is 2. The van der Waals surface area contributed by atoms with Crippen LogP contribution >= 0.6 is 23.5 Å². The highest BCUT2D eigenvalue weighted by atomic mass is 35.5. The van der Waals surface area contributed by atoms with Crippen LogP contribution in [0.25, 0.3) is 0 Å². The second kappa shape index (κ2) is 3.37. The third-order valence-electron chi connectivity index (χ3n) is 0.627. The zero-order valence-electron chi connectivity index (χ0n) is 5.75. The van der Waals surface area contributed by atoms with Crippen molar-refractivity contribution in [3.8, 4) is 0 Å². The summed E-state index contributed by atoms with van der Waals surface area (Å²) in [5.74, 6) is 0. The normalized spacial score (nSPS) is 14.2. The quantitative estimate of drug-likeness (QED) is 0.401. The summed E-state index contributed by atoms with van der Waals surface area (Å²) < 4.78 is 49.0. The first-order chi connectivity index (χ1) is 4.67. The molecule has 0 aliphatic rings. The molecule has 11 heavy (non-hydrogen) atoms. The van der Waals surface area contributed by atoms with Crippen LogP contribution in [0.4, 0.5) is 17.6 Å². The van der Waals surface area contributed by atoms with Crippen molar-refractivity contribution in [2.45, 2.75) is 10.6 Å². The minimum atomic E-state index is -4.51. The van der Waals surface area contributed by atoms with Crippen LogP contribution < -0.4 is 0 Å². The Hall–Kier alpha value is 0.320. The van der Waals surface area contributed by atoms with Crippen LogP contribution in [0.15, 0.2) is 0 Å². The lowest BCUT2D eigenvalue weighted by atomic mass is 10.7. The van der Waals surface area contributed by atoms with Gasteiger partial charge in [0.05, 0.1) is 0 Å². The molecule has 0 aliphatic carbocycles. The topological polar surface area (TPSA) is 3.24 Å². The van der Waals surface area contributed by atoms with Crippen LogP contribution in [0.3, 0.4) is 0 Å². The molecule has 0 bridgehead atoms. The van der Waals surface area contributed by atoms with Gasteiger partial charge in [0.15, 0.2) is 0 Å². The van der Waals surface area contributed by atoms with Gasteiger partial charge in [0.2, 0.25) is 0 Å². The fourth-order valence-corrected chi connectivity index (χ4v) is 0.947. The first kappa shape index (κ1) is 11.3. The molecule has 0 heterocycles. The van der Waals surface area contributed by atoms with E-state index < -0.39 is 10.6 Å². The van der Waals surface area contributed by atoms with Gasteiger partial charge in [0, 0.05) is 11.9 Å². The van der Waals surface area contributed by atoms with Gasteiger partial charge in [-0.3, -0.25) is 4.31 Å². The average molecular weight is 212 g/mol. The van der Waals surface area contributed by atoms with Gasteiger partial charge in [0.1, 0.15) is 0 Å². The van der Waals surface area contributed by atoms with Gasteiger partial charge in [0.25, 0.3) is 0 Å². The molecule has 0 N–H and O–H groups in total. The first-order valence-corrected chi connectivity index (χ1v) is 3.63. The molecule has 0 unspecified atom stereocenters. The van der Waals surface area contributed by atoms with Gasteiger partial charge in [-0.1, -0.05) is 0 Å². The second-order valence-electron chi connectivity index (χ2n) is 1.92. The second-order valence-corrected chi connectivity index (χ2v) is 3.82. The van der Waals surface area contributed by atoms with E-state index in [1.54, 1.807) is 0 Å². The SMILES string of the molecule is CN(C)SC(F)(F)C(F)(F)Cl. The molecule has 0 atom stereocenters. The van der Waals surface area contributed by atoms with E-state index in [9.17, 15) is 17.6 Å². The first-order valence-electron chi connectivity index (χ1n) is 2.48. The fourth-order valence-electron chi connectivity index (χ4n) is 0.281. The third kappa shape index (κ3) is 3.48. The van der Waals surface area contributed by atoms with Crippen molar-refractivity contribution in [1.82, 2.24) is 4.31 Å². The van der Waals surface area contributed by atoms with Crippen LogP contribution in [0, 0.1) is 0 Å². The Kier molecular flexibility index (Phi) is 3.46. The van der Waals surface area contributed by atoms with Crippen LogP contribution in [-0.2, 0) is 0 Å². The minimum Gasteiger partial charge on any atom is -0.252 e. The van der Waals surface area contributed by atoms with E-state index in [-0.39, 0.29) is 11.9 Å². The monoisotopic (exact) mass is 211 g/mol. The van der Waals surface area contributed by atoms with Crippen molar-refractivity contribution < 1.29 is 17.6 Å². The van der Waals surface area contributed by atoms with E-state index in [1.807, 2.05) is 0 Å². The van der Waals surface area contributed by atoms with Crippen molar-refractivity contribution in [2.75, 3.05) is 14.1 Å². The molecule has 68 valence electrons. The smallest absolute Gasteiger partial charge is 0.252 e. The van der Waals surface area contributed by atoms with Gasteiger partial charge >= 0.3 is 10.6 Å². The van der Waals surface area contributed by atoms with Crippen molar-refractivity contribution in [2.24, 2.45) is 0 Å². The highest BCUT2D eigenvalue weighted by Gasteiger charge is 2.56. The van der Waals surface area contributed by atoms with Gasteiger partial charge < -0.3 is 0 Å². The molecular weight excluding hydrogens is 206 g/mol. The van der Waals surface area contributed by atoms with E-state index in [1.165, 1.54) is 14.1 Å². The van der Waals surface area contributed by atoms with Crippen LogP contribution in [0.1, 0.15) is 0 Å². The summed E-state index contributed by atoms with van der Waals surface area (Å²) in [5, 5.41) is -8.78. The Morgan fingerprint density at radius 1 is 1.18 bits per heavy atom. The van der Waals surface area contributed by atoms with Crippen molar-refractivity contribution >= 4 is 23.5 Å². The lowest BCUT2D eigenvalue weighted by Crippen LogP contribution is -2.34. The van der Waals surface area contributed by atoms with Gasteiger partial charge in [-0.15, -0.1) is 0 Å². The molecule has 0 fully saturated rings. The third-order valence-corrected chi connectivity index (χ3v) is 1.83. The Morgan fingerprint density at radius 3 is 1.64 bits per heavy atom. The van der Waals surface area contributed by atoms with Crippen LogP contribution in [0.2, 0.25) is 0 Å². The maximum atomic E-state index is 12.2. The Bertz CT molecular complexity index is 135. The highest BCUT2D eigenvalue weighted by molar-refractivity contribution is 7.98. The molecule has 0 aliphatic heterocycles. The lowest BCUT2D eigenvalue weighted by Gasteiger charge is -2.22. The van der Waals surface area contributed by atoms with Gasteiger partial charge in [-0.2, -0.15) is 17.6 Å². The average Bonchev–Trinajstić information content (AvgIpc) is 1.56. The molecule has 7 heteroatoms. The van der Waals surface area contributed by atoms with Crippen LogP contribution in [0.5, 0.6) is 0 Å². The van der Waals surface area contributed by atoms with Crippen LogP contribution in [-0.4, -0.2) is 29.0 Å². The van der Waals surface area contributed by atoms with E-state index in [0.717, 1.165) is 4.31 Å². The number of halogens is 5. The summed E-state index contributed by atoms with van der Waals surface area (Å²) in [5.41, 5.74) is 0. The maximum absolute atomic E-state index is 12.2. The van der Waals surface area contributed by atoms with E-state index in [2.05, 4.69) is 11.6 Å². The van der Waals surface area contributed by atoms with Crippen molar-refractivity contribution in [1.29, 1.82) is 0 Å². The zero-order chi connectivity index (χ0) is 9.28. The molecule has 1 nitrogen and oxygen atoms in total.